The van der Waals surface area contributed by atoms with E-state index in [1.165, 1.54) is 0 Å². The number of likely N-dealkylation sites (tertiary alicyclic amines) is 1. The molecule has 2 heterocycles. The maximum Gasteiger partial charge on any atom is 0.317 e. The smallest absolute Gasteiger partial charge is 0.317 e. The van der Waals surface area contributed by atoms with Crippen molar-refractivity contribution in [3.8, 4) is 0 Å². The molecule has 4 aromatic rings. The molecule has 3 aromatic carbocycles. The quantitative estimate of drug-likeness (QED) is 0.256. The molecule has 0 spiro atoms. The normalized spacial score (nSPS) is 15.7. The van der Waals surface area contributed by atoms with Gasteiger partial charge in [0.2, 0.25) is 11.8 Å². The molecule has 5 rings (SSSR count). The predicted octanol–water partition coefficient (Wildman–Crippen LogP) is 3.62. The Morgan fingerprint density at radius 2 is 1.65 bits per heavy atom. The van der Waals surface area contributed by atoms with Crippen LogP contribution in [0.25, 0.3) is 10.8 Å². The number of nitrogens with zero attached hydrogens (tertiary/aromatic N) is 2. The highest BCUT2D eigenvalue weighted by Gasteiger charge is 2.40. The molecule has 0 aliphatic carbocycles. The highest BCUT2D eigenvalue weighted by molar-refractivity contribution is 6.01. The van der Waals surface area contributed by atoms with Crippen LogP contribution in [-0.2, 0) is 14.4 Å². The van der Waals surface area contributed by atoms with Gasteiger partial charge >= 0.3 is 5.97 Å². The summed E-state index contributed by atoms with van der Waals surface area (Å²) in [6.45, 7) is 0.00471. The first-order valence-corrected chi connectivity index (χ1v) is 13.2. The van der Waals surface area contributed by atoms with Gasteiger partial charge in [-0.3, -0.25) is 19.7 Å². The van der Waals surface area contributed by atoms with E-state index in [1.54, 1.807) is 23.2 Å². The van der Waals surface area contributed by atoms with Gasteiger partial charge < -0.3 is 21.1 Å². The van der Waals surface area contributed by atoms with Crippen LogP contribution in [-0.4, -0.2) is 57.9 Å². The lowest BCUT2D eigenvalue weighted by molar-refractivity contribution is -0.140. The van der Waals surface area contributed by atoms with Gasteiger partial charge in [-0.15, -0.1) is 0 Å². The Bertz CT molecular complexity index is 1470. The van der Waals surface area contributed by atoms with Crippen molar-refractivity contribution in [2.75, 3.05) is 24.1 Å². The van der Waals surface area contributed by atoms with Gasteiger partial charge in [-0.05, 0) is 53.6 Å². The molecule has 1 aliphatic rings. The van der Waals surface area contributed by atoms with E-state index in [0.29, 0.717) is 30.9 Å². The minimum Gasteiger partial charge on any atom is -0.480 e. The van der Waals surface area contributed by atoms with E-state index in [-0.39, 0.29) is 11.8 Å². The number of hydrogen-bond acceptors (Lipinski definition) is 6. The lowest BCUT2D eigenvalue weighted by Gasteiger charge is -2.33. The standard InChI is InChI=1S/C31H31N5O4/c32-29-24-14-13-23(18-22(24)15-16-33-29)35-30(39)25-12-7-17-36(25)31(40)28(34-19-26(37)38)27(20-8-3-1-4-9-20)21-10-5-2-6-11-21/h1-6,8-11,13-16,18,25,27-28,34H,7,12,17,19H2,(H2,32,33)(H,35,39)(H,37,38)/t25-,28?/m0/s1. The van der Waals surface area contributed by atoms with Crippen molar-refractivity contribution in [1.29, 1.82) is 0 Å². The number of rotatable bonds is 9. The third-order valence-electron chi connectivity index (χ3n) is 7.29. The monoisotopic (exact) mass is 537 g/mol. The average molecular weight is 538 g/mol. The van der Waals surface area contributed by atoms with Gasteiger partial charge in [0, 0.05) is 29.7 Å². The zero-order valence-electron chi connectivity index (χ0n) is 21.9. The Morgan fingerprint density at radius 1 is 0.975 bits per heavy atom. The molecule has 5 N–H and O–H groups in total. The Morgan fingerprint density at radius 3 is 2.30 bits per heavy atom. The second-order valence-electron chi connectivity index (χ2n) is 9.86. The van der Waals surface area contributed by atoms with Crippen LogP contribution in [0.15, 0.2) is 91.1 Å². The average Bonchev–Trinajstić information content (AvgIpc) is 3.46. The number of benzene rings is 3. The summed E-state index contributed by atoms with van der Waals surface area (Å²) in [4.78, 5) is 44.9. The number of aromatic nitrogens is 1. The first-order valence-electron chi connectivity index (χ1n) is 13.2. The Hall–Kier alpha value is -4.76. The number of nitrogen functional groups attached to an aromatic ring is 1. The third kappa shape index (κ3) is 5.79. The molecule has 1 fully saturated rings. The summed E-state index contributed by atoms with van der Waals surface area (Å²) < 4.78 is 0. The van der Waals surface area contributed by atoms with Crippen LogP contribution in [0.4, 0.5) is 11.5 Å². The van der Waals surface area contributed by atoms with Crippen LogP contribution in [0.5, 0.6) is 0 Å². The van der Waals surface area contributed by atoms with Crippen LogP contribution in [0.1, 0.15) is 29.9 Å². The van der Waals surface area contributed by atoms with Crippen LogP contribution < -0.4 is 16.4 Å². The SMILES string of the molecule is Nc1nccc2cc(NC(=O)[C@@H]3CCCN3C(=O)C(NCC(=O)O)C(c3ccccc3)c3ccccc3)ccc12. The van der Waals surface area contributed by atoms with Crippen molar-refractivity contribution < 1.29 is 19.5 Å². The van der Waals surface area contributed by atoms with Gasteiger partial charge in [-0.25, -0.2) is 4.98 Å². The molecule has 9 nitrogen and oxygen atoms in total. The molecule has 0 saturated carbocycles. The van der Waals surface area contributed by atoms with Crippen molar-refractivity contribution >= 4 is 40.1 Å². The Kier molecular flexibility index (Phi) is 8.02. The van der Waals surface area contributed by atoms with E-state index >= 15 is 0 Å². The van der Waals surface area contributed by atoms with Crippen LogP contribution >= 0.6 is 0 Å². The second kappa shape index (κ2) is 12.0. The number of amides is 2. The van der Waals surface area contributed by atoms with E-state index in [9.17, 15) is 19.5 Å². The summed E-state index contributed by atoms with van der Waals surface area (Å²) in [5.41, 5.74) is 8.29. The molecule has 1 saturated heterocycles. The zero-order chi connectivity index (χ0) is 28.1. The molecule has 1 aromatic heterocycles. The summed E-state index contributed by atoms with van der Waals surface area (Å²) >= 11 is 0. The Balaban J connectivity index is 1.43. The molecular weight excluding hydrogens is 506 g/mol. The van der Waals surface area contributed by atoms with Gasteiger partial charge in [-0.2, -0.15) is 0 Å². The van der Waals surface area contributed by atoms with Crippen molar-refractivity contribution in [3.63, 3.8) is 0 Å². The number of carbonyl (C=O) groups excluding carboxylic acids is 2. The first kappa shape index (κ1) is 26.8. The van der Waals surface area contributed by atoms with Gasteiger partial charge in [0.05, 0.1) is 12.6 Å². The number of carboxylic acids is 1. The maximum atomic E-state index is 14.2. The number of anilines is 2. The van der Waals surface area contributed by atoms with E-state index in [4.69, 9.17) is 5.73 Å². The summed E-state index contributed by atoms with van der Waals surface area (Å²) in [6.07, 6.45) is 2.78. The van der Waals surface area contributed by atoms with E-state index < -0.39 is 30.5 Å². The first-order chi connectivity index (χ1) is 19.4. The number of carbonyl (C=O) groups is 3. The number of nitrogens with two attached hydrogens (primary N) is 1. The van der Waals surface area contributed by atoms with Crippen LogP contribution in [0.3, 0.4) is 0 Å². The Labute approximate surface area is 232 Å². The highest BCUT2D eigenvalue weighted by atomic mass is 16.4. The zero-order valence-corrected chi connectivity index (χ0v) is 21.9. The molecular formula is C31H31N5O4. The van der Waals surface area contributed by atoms with Crippen LogP contribution in [0, 0.1) is 0 Å². The molecule has 0 bridgehead atoms. The van der Waals surface area contributed by atoms with E-state index in [1.807, 2.05) is 72.8 Å². The maximum absolute atomic E-state index is 14.2. The number of carboxylic acid groups (broad SMARTS) is 1. The molecule has 0 radical (unpaired) electrons. The van der Waals surface area contributed by atoms with E-state index in [2.05, 4.69) is 15.6 Å². The molecule has 1 unspecified atom stereocenters. The van der Waals surface area contributed by atoms with Crippen molar-refractivity contribution in [2.45, 2.75) is 30.8 Å². The number of aliphatic carboxylic acids is 1. The lowest BCUT2D eigenvalue weighted by Crippen LogP contribution is -2.54. The largest absolute Gasteiger partial charge is 0.480 e. The fraction of sp³-hybridized carbons (Fsp3) is 0.226. The minimum absolute atomic E-state index is 0.291. The van der Waals surface area contributed by atoms with Gasteiger partial charge in [0.25, 0.3) is 0 Å². The summed E-state index contributed by atoms with van der Waals surface area (Å²) in [7, 11) is 0. The van der Waals surface area contributed by atoms with Crippen molar-refractivity contribution in [2.24, 2.45) is 0 Å². The summed E-state index contributed by atoms with van der Waals surface area (Å²) in [6, 6.07) is 24.7. The predicted molar refractivity (Wildman–Crippen MR) is 154 cm³/mol. The number of pyridine rings is 1. The fourth-order valence-electron chi connectivity index (χ4n) is 5.43. The molecule has 2 amide bonds. The van der Waals surface area contributed by atoms with Crippen LogP contribution in [0.2, 0.25) is 0 Å². The van der Waals surface area contributed by atoms with Crippen molar-refractivity contribution in [1.82, 2.24) is 15.2 Å². The minimum atomic E-state index is -1.07. The van der Waals surface area contributed by atoms with Crippen molar-refractivity contribution in [3.05, 3.63) is 102 Å². The van der Waals surface area contributed by atoms with Gasteiger partial charge in [0.15, 0.2) is 0 Å². The van der Waals surface area contributed by atoms with Gasteiger partial charge in [-0.1, -0.05) is 60.7 Å². The summed E-state index contributed by atoms with van der Waals surface area (Å²) in [5, 5.41) is 17.0. The van der Waals surface area contributed by atoms with E-state index in [0.717, 1.165) is 21.9 Å². The number of nitrogens with one attached hydrogen (secondary N) is 2. The molecule has 2 atom stereocenters. The topological polar surface area (TPSA) is 138 Å². The fourth-order valence-corrected chi connectivity index (χ4v) is 5.43. The second-order valence-corrected chi connectivity index (χ2v) is 9.86. The number of hydrogen-bond donors (Lipinski definition) is 4. The number of fused-ring (bicyclic) bond motifs is 1. The molecule has 204 valence electrons. The lowest BCUT2D eigenvalue weighted by atomic mass is 9.84. The van der Waals surface area contributed by atoms with Gasteiger partial charge in [0.1, 0.15) is 11.9 Å². The molecule has 9 heteroatoms. The third-order valence-corrected chi connectivity index (χ3v) is 7.29. The summed E-state index contributed by atoms with van der Waals surface area (Å²) in [5.74, 6) is -1.72. The molecule has 40 heavy (non-hydrogen) atoms. The highest BCUT2D eigenvalue weighted by Crippen LogP contribution is 2.31. The molecule has 1 aliphatic heterocycles.